The van der Waals surface area contributed by atoms with Crippen LogP contribution in [0.2, 0.25) is 0 Å². The second-order valence-electron chi connectivity index (χ2n) is 6.90. The van der Waals surface area contributed by atoms with Crippen molar-refractivity contribution in [2.45, 2.75) is 71.1 Å². The molecule has 4 nitrogen and oxygen atoms in total. The Balaban J connectivity index is 1.85. The first-order chi connectivity index (χ1) is 10.4. The molecule has 0 fully saturated rings. The van der Waals surface area contributed by atoms with Crippen LogP contribution in [0.5, 0.6) is 0 Å². The highest BCUT2D eigenvalue weighted by molar-refractivity contribution is 7.10. The Morgan fingerprint density at radius 1 is 1.50 bits per heavy atom. The van der Waals surface area contributed by atoms with Crippen molar-refractivity contribution in [3.05, 3.63) is 21.9 Å². The molecule has 0 saturated heterocycles. The number of hydrogen-bond acceptors (Lipinski definition) is 4. The molecular formula is C17H28N2O2S. The van der Waals surface area contributed by atoms with E-state index in [0.29, 0.717) is 12.6 Å². The van der Waals surface area contributed by atoms with E-state index < -0.39 is 5.60 Å². The number of carbonyl (C=O) groups is 1. The zero-order valence-electron chi connectivity index (χ0n) is 14.1. The van der Waals surface area contributed by atoms with Crippen LogP contribution >= 0.6 is 11.3 Å². The molecule has 1 aromatic rings. The molecule has 1 heterocycles. The number of carbonyl (C=O) groups excluding carboxylic acids is 1. The number of hydrogen-bond donors (Lipinski definition) is 2. The highest BCUT2D eigenvalue weighted by Crippen LogP contribution is 2.33. The topological polar surface area (TPSA) is 50.4 Å². The third-order valence-corrected chi connectivity index (χ3v) is 4.87. The van der Waals surface area contributed by atoms with Gasteiger partial charge in [-0.25, -0.2) is 4.79 Å². The minimum absolute atomic E-state index is 0.267. The van der Waals surface area contributed by atoms with E-state index in [1.165, 1.54) is 29.7 Å². The van der Waals surface area contributed by atoms with Crippen LogP contribution in [0, 0.1) is 0 Å². The summed E-state index contributed by atoms with van der Waals surface area (Å²) in [6.45, 7) is 8.37. The fourth-order valence-electron chi connectivity index (χ4n) is 2.79. The fourth-order valence-corrected chi connectivity index (χ4v) is 3.77. The van der Waals surface area contributed by atoms with Gasteiger partial charge in [-0.1, -0.05) is 6.92 Å². The summed E-state index contributed by atoms with van der Waals surface area (Å²) in [5, 5.41) is 8.76. The number of amides is 1. The molecule has 1 aliphatic carbocycles. The van der Waals surface area contributed by atoms with Gasteiger partial charge in [0.2, 0.25) is 0 Å². The Labute approximate surface area is 137 Å². The summed E-state index contributed by atoms with van der Waals surface area (Å²) < 4.78 is 5.29. The average Bonchev–Trinajstić information content (AvgIpc) is 2.90. The average molecular weight is 324 g/mol. The molecule has 124 valence electrons. The van der Waals surface area contributed by atoms with Crippen LogP contribution in [0.15, 0.2) is 11.4 Å². The van der Waals surface area contributed by atoms with Crippen LogP contribution in [-0.4, -0.2) is 24.3 Å². The number of aryl methyl sites for hydroxylation is 1. The zero-order valence-corrected chi connectivity index (χ0v) is 14.9. The van der Waals surface area contributed by atoms with Crippen LogP contribution in [0.3, 0.4) is 0 Å². The van der Waals surface area contributed by atoms with Gasteiger partial charge < -0.3 is 15.4 Å². The van der Waals surface area contributed by atoms with Crippen molar-refractivity contribution in [3.63, 3.8) is 0 Å². The minimum Gasteiger partial charge on any atom is -0.444 e. The number of rotatable bonds is 5. The van der Waals surface area contributed by atoms with Crippen LogP contribution in [-0.2, 0) is 11.2 Å². The molecule has 0 saturated carbocycles. The van der Waals surface area contributed by atoms with Crippen molar-refractivity contribution in [2.75, 3.05) is 6.54 Å². The van der Waals surface area contributed by atoms with Gasteiger partial charge in [0.15, 0.2) is 0 Å². The molecule has 2 unspecified atom stereocenters. The molecule has 5 heteroatoms. The van der Waals surface area contributed by atoms with E-state index >= 15 is 0 Å². The van der Waals surface area contributed by atoms with Gasteiger partial charge in [-0.2, -0.15) is 0 Å². The van der Waals surface area contributed by atoms with E-state index in [1.54, 1.807) is 0 Å². The van der Waals surface area contributed by atoms with E-state index in [4.69, 9.17) is 4.74 Å². The van der Waals surface area contributed by atoms with Crippen LogP contribution in [0.1, 0.15) is 63.4 Å². The summed E-state index contributed by atoms with van der Waals surface area (Å²) in [5.74, 6) is 0. The number of alkyl carbamates (subject to hydrolysis) is 1. The Bertz CT molecular complexity index is 493. The summed E-state index contributed by atoms with van der Waals surface area (Å²) in [4.78, 5) is 13.3. The number of thiophene rings is 1. The number of nitrogens with one attached hydrogen (secondary N) is 2. The predicted molar refractivity (Wildman–Crippen MR) is 91.4 cm³/mol. The lowest BCUT2D eigenvalue weighted by molar-refractivity contribution is 0.0521. The minimum atomic E-state index is -0.450. The van der Waals surface area contributed by atoms with Gasteiger partial charge in [0.1, 0.15) is 5.60 Å². The third kappa shape index (κ3) is 4.99. The molecule has 1 amide bonds. The molecule has 0 radical (unpaired) electrons. The molecular weight excluding hydrogens is 296 g/mol. The fraction of sp³-hybridized carbons (Fsp3) is 0.706. The molecule has 2 rings (SSSR count). The van der Waals surface area contributed by atoms with Gasteiger partial charge in [-0.15, -0.1) is 11.3 Å². The lowest BCUT2D eigenvalue weighted by Gasteiger charge is -2.29. The summed E-state index contributed by atoms with van der Waals surface area (Å²) in [5.41, 5.74) is 1.00. The van der Waals surface area contributed by atoms with Crippen molar-refractivity contribution in [2.24, 2.45) is 0 Å². The molecule has 1 aromatic heterocycles. The van der Waals surface area contributed by atoms with Crippen LogP contribution < -0.4 is 10.6 Å². The van der Waals surface area contributed by atoms with E-state index in [0.717, 1.165) is 6.42 Å². The van der Waals surface area contributed by atoms with Gasteiger partial charge in [-0.05, 0) is 63.5 Å². The molecule has 0 aliphatic heterocycles. The highest BCUT2D eigenvalue weighted by Gasteiger charge is 2.24. The molecule has 2 N–H and O–H groups in total. The maximum atomic E-state index is 11.8. The lowest BCUT2D eigenvalue weighted by atomic mass is 9.93. The first-order valence-electron chi connectivity index (χ1n) is 8.18. The normalized spacial score (nSPS) is 19.4. The second-order valence-corrected chi connectivity index (χ2v) is 7.90. The van der Waals surface area contributed by atoms with Gasteiger partial charge in [0.05, 0.1) is 0 Å². The smallest absolute Gasteiger partial charge is 0.407 e. The first kappa shape index (κ1) is 17.3. The number of fused-ring (bicyclic) bond motifs is 1. The van der Waals surface area contributed by atoms with Crippen molar-refractivity contribution >= 4 is 17.4 Å². The monoisotopic (exact) mass is 324 g/mol. The zero-order chi connectivity index (χ0) is 16.2. The van der Waals surface area contributed by atoms with Crippen molar-refractivity contribution in [3.8, 4) is 0 Å². The van der Waals surface area contributed by atoms with Gasteiger partial charge in [0.25, 0.3) is 0 Å². The van der Waals surface area contributed by atoms with Gasteiger partial charge in [0, 0.05) is 23.5 Å². The van der Waals surface area contributed by atoms with Crippen LogP contribution in [0.4, 0.5) is 4.79 Å². The number of ether oxygens (including phenoxy) is 1. The van der Waals surface area contributed by atoms with Crippen molar-refractivity contribution in [1.82, 2.24) is 10.6 Å². The molecule has 0 spiro atoms. The predicted octanol–water partition coefficient (Wildman–Crippen LogP) is 4.02. The first-order valence-corrected chi connectivity index (χ1v) is 9.06. The molecule has 0 bridgehead atoms. The summed E-state index contributed by atoms with van der Waals surface area (Å²) >= 11 is 1.86. The lowest BCUT2D eigenvalue weighted by Crippen LogP contribution is -2.44. The second kappa shape index (κ2) is 7.47. The van der Waals surface area contributed by atoms with E-state index in [2.05, 4.69) is 29.0 Å². The Morgan fingerprint density at radius 2 is 2.27 bits per heavy atom. The Kier molecular flexibility index (Phi) is 5.87. The van der Waals surface area contributed by atoms with E-state index in [-0.39, 0.29) is 12.1 Å². The van der Waals surface area contributed by atoms with Gasteiger partial charge in [-0.3, -0.25) is 0 Å². The van der Waals surface area contributed by atoms with Crippen LogP contribution in [0.25, 0.3) is 0 Å². The largest absolute Gasteiger partial charge is 0.444 e. The quantitative estimate of drug-likeness (QED) is 0.860. The molecule has 1 aliphatic rings. The van der Waals surface area contributed by atoms with Crippen molar-refractivity contribution < 1.29 is 9.53 Å². The maximum Gasteiger partial charge on any atom is 0.407 e. The summed E-state index contributed by atoms with van der Waals surface area (Å²) in [6, 6.07) is 2.92. The Hall–Kier alpha value is -1.07. The SMILES string of the molecule is CCC(CNC(=O)OC(C)(C)C)NC1CCCc2sccc21. The molecule has 2 atom stereocenters. The third-order valence-electron chi connectivity index (χ3n) is 3.87. The molecule has 0 aromatic carbocycles. The molecule has 22 heavy (non-hydrogen) atoms. The maximum absolute atomic E-state index is 11.8. The summed E-state index contributed by atoms with van der Waals surface area (Å²) in [7, 11) is 0. The van der Waals surface area contributed by atoms with Gasteiger partial charge >= 0.3 is 6.09 Å². The highest BCUT2D eigenvalue weighted by atomic mass is 32.1. The van der Waals surface area contributed by atoms with Crippen molar-refractivity contribution in [1.29, 1.82) is 0 Å². The Morgan fingerprint density at radius 3 is 2.95 bits per heavy atom. The standard InChI is InChI=1S/C17H28N2O2S/c1-5-12(11-18-16(20)21-17(2,3)4)19-14-7-6-8-15-13(14)9-10-22-15/h9-10,12,14,19H,5-8,11H2,1-4H3,(H,18,20). The van der Waals surface area contributed by atoms with E-state index in [9.17, 15) is 4.79 Å². The van der Waals surface area contributed by atoms with E-state index in [1.807, 2.05) is 32.1 Å². The summed E-state index contributed by atoms with van der Waals surface area (Å²) in [6.07, 6.45) is 4.25.